The number of hydrogen-bond donors (Lipinski definition) is 1. The van der Waals surface area contributed by atoms with Gasteiger partial charge in [0.1, 0.15) is 17.0 Å². The van der Waals surface area contributed by atoms with Crippen molar-refractivity contribution in [1.29, 1.82) is 0 Å². The highest BCUT2D eigenvalue weighted by Crippen LogP contribution is 2.47. The Morgan fingerprint density at radius 1 is 1.05 bits per heavy atom. The van der Waals surface area contributed by atoms with Crippen molar-refractivity contribution < 1.29 is 50.2 Å². The first kappa shape index (κ1) is 29.6. The Morgan fingerprint density at radius 2 is 1.67 bits per heavy atom. The average Bonchev–Trinajstić information content (AvgIpc) is 3.16. The van der Waals surface area contributed by atoms with Crippen LogP contribution in [0.25, 0.3) is 0 Å². The summed E-state index contributed by atoms with van der Waals surface area (Å²) in [5.74, 6) is 3.00. The Labute approximate surface area is 218 Å². The maximum atomic E-state index is 14.0. The van der Waals surface area contributed by atoms with Crippen molar-refractivity contribution in [2.75, 3.05) is 36.5 Å². The van der Waals surface area contributed by atoms with E-state index in [1.807, 2.05) is 0 Å². The maximum Gasteiger partial charge on any atom is 0.420 e. The van der Waals surface area contributed by atoms with Crippen LogP contribution < -0.4 is 14.5 Å². The van der Waals surface area contributed by atoms with Gasteiger partial charge in [-0.05, 0) is 50.2 Å². The van der Waals surface area contributed by atoms with E-state index < -0.39 is 58.5 Å². The summed E-state index contributed by atoms with van der Waals surface area (Å²) in [7, 11) is 1.09. The minimum absolute atomic E-state index is 0.0113. The third-order valence-electron chi connectivity index (χ3n) is 5.43. The summed E-state index contributed by atoms with van der Waals surface area (Å²) in [5, 5.41) is 9.69. The summed E-state index contributed by atoms with van der Waals surface area (Å²) in [6, 6.07) is 3.30. The minimum Gasteiger partial charge on any atom is -0.407 e. The Hall–Kier alpha value is -3.99. The van der Waals surface area contributed by atoms with E-state index in [0.717, 1.165) is 36.2 Å². The van der Waals surface area contributed by atoms with Crippen LogP contribution >= 0.6 is 0 Å². The van der Waals surface area contributed by atoms with Gasteiger partial charge in [0.15, 0.2) is 5.75 Å². The molecule has 0 bridgehead atoms. The quantitative estimate of drug-likeness (QED) is 0.395. The van der Waals surface area contributed by atoms with Crippen molar-refractivity contribution in [2.24, 2.45) is 0 Å². The molecule has 1 saturated heterocycles. The van der Waals surface area contributed by atoms with Gasteiger partial charge in [-0.1, -0.05) is 11.8 Å². The van der Waals surface area contributed by atoms with E-state index >= 15 is 0 Å². The smallest absolute Gasteiger partial charge is 0.407 e. The lowest BCUT2D eigenvalue weighted by Gasteiger charge is -2.26. The number of carbonyl (C=O) groups is 2. The molecule has 1 aliphatic rings. The van der Waals surface area contributed by atoms with Gasteiger partial charge in [-0.2, -0.15) is 26.3 Å². The van der Waals surface area contributed by atoms with Crippen LogP contribution in [0.4, 0.5) is 51.7 Å². The summed E-state index contributed by atoms with van der Waals surface area (Å²) in [6.07, 6.45) is -12.1. The van der Waals surface area contributed by atoms with Crippen LogP contribution in [0, 0.1) is 17.7 Å². The molecule has 2 aromatic carbocycles. The van der Waals surface area contributed by atoms with Gasteiger partial charge in [0, 0.05) is 25.8 Å². The summed E-state index contributed by atoms with van der Waals surface area (Å²) in [6.45, 7) is 2.01. The lowest BCUT2D eigenvalue weighted by Crippen LogP contribution is -2.34. The predicted molar refractivity (Wildman–Crippen MR) is 126 cm³/mol. The lowest BCUT2D eigenvalue weighted by atomic mass is 10.1. The van der Waals surface area contributed by atoms with Gasteiger partial charge in [-0.25, -0.2) is 14.0 Å². The summed E-state index contributed by atoms with van der Waals surface area (Å²) < 4.78 is 101. The molecule has 0 aromatic heterocycles. The van der Waals surface area contributed by atoms with Gasteiger partial charge in [0.05, 0.1) is 17.8 Å². The molecule has 0 aliphatic carbocycles. The second kappa shape index (κ2) is 10.6. The van der Waals surface area contributed by atoms with Crippen LogP contribution in [0.15, 0.2) is 36.4 Å². The van der Waals surface area contributed by atoms with Crippen molar-refractivity contribution in [1.82, 2.24) is 4.90 Å². The van der Waals surface area contributed by atoms with Crippen molar-refractivity contribution in [3.05, 3.63) is 53.3 Å². The molecule has 3 rings (SSSR count). The number of urea groups is 1. The Kier molecular flexibility index (Phi) is 8.07. The number of ether oxygens (including phenoxy) is 1. The number of halogens is 7. The topological polar surface area (TPSA) is 73.3 Å². The molecule has 7 nitrogen and oxygen atoms in total. The number of benzene rings is 2. The van der Waals surface area contributed by atoms with Crippen LogP contribution in [0.1, 0.15) is 25.0 Å². The number of rotatable bonds is 4. The molecule has 2 aromatic rings. The summed E-state index contributed by atoms with van der Waals surface area (Å²) >= 11 is 0. The largest absolute Gasteiger partial charge is 0.420 e. The van der Waals surface area contributed by atoms with Gasteiger partial charge in [0.2, 0.25) is 0 Å². The zero-order valence-corrected chi connectivity index (χ0v) is 20.7. The second-order valence-corrected chi connectivity index (χ2v) is 8.99. The van der Waals surface area contributed by atoms with E-state index in [1.54, 1.807) is 0 Å². The highest BCUT2D eigenvalue weighted by Gasteiger charge is 2.44. The molecular weight excluding hydrogens is 539 g/mol. The Balaban J connectivity index is 2.08. The maximum absolute atomic E-state index is 14.0. The van der Waals surface area contributed by atoms with Crippen molar-refractivity contribution >= 4 is 23.5 Å². The standard InChI is InChI=1S/C25H22F7N3O4/c1-23(2,38)9-4-10-34-11-12-35(21(34)36)19-14-15(24(27,28)29)13-18(25(30,31)32)20(19)39-22(37)33(3)17-7-5-16(26)6-8-17/h5-8,13-14,38H,10-12H2,1-3H3. The summed E-state index contributed by atoms with van der Waals surface area (Å²) in [4.78, 5) is 28.1. The minimum atomic E-state index is -5.42. The molecule has 0 saturated carbocycles. The number of amides is 3. The highest BCUT2D eigenvalue weighted by atomic mass is 19.4. The average molecular weight is 561 g/mol. The van der Waals surface area contributed by atoms with E-state index in [2.05, 4.69) is 11.8 Å². The summed E-state index contributed by atoms with van der Waals surface area (Å²) in [5.41, 5.74) is -5.97. The van der Waals surface area contributed by atoms with Crippen LogP contribution in [-0.4, -0.2) is 54.4 Å². The molecule has 0 spiro atoms. The van der Waals surface area contributed by atoms with E-state index in [-0.39, 0.29) is 31.4 Å². The number of nitrogens with zero attached hydrogens (tertiary/aromatic N) is 3. The molecular formula is C25H22F7N3O4. The molecule has 0 radical (unpaired) electrons. The van der Waals surface area contributed by atoms with E-state index in [9.17, 15) is 45.4 Å². The van der Waals surface area contributed by atoms with Crippen LogP contribution in [-0.2, 0) is 12.4 Å². The van der Waals surface area contributed by atoms with E-state index in [0.29, 0.717) is 15.9 Å². The predicted octanol–water partition coefficient (Wildman–Crippen LogP) is 5.51. The van der Waals surface area contributed by atoms with Gasteiger partial charge >= 0.3 is 24.5 Å². The lowest BCUT2D eigenvalue weighted by molar-refractivity contribution is -0.143. The van der Waals surface area contributed by atoms with E-state index in [4.69, 9.17) is 4.74 Å². The number of carbonyl (C=O) groups excluding carboxylic acids is 2. The van der Waals surface area contributed by atoms with Crippen molar-refractivity contribution in [3.8, 4) is 17.6 Å². The fourth-order valence-corrected chi connectivity index (χ4v) is 3.53. The van der Waals surface area contributed by atoms with Gasteiger partial charge in [0.25, 0.3) is 0 Å². The van der Waals surface area contributed by atoms with Crippen molar-refractivity contribution in [3.63, 3.8) is 0 Å². The van der Waals surface area contributed by atoms with Gasteiger partial charge < -0.3 is 14.7 Å². The monoisotopic (exact) mass is 561 g/mol. The normalized spacial score (nSPS) is 14.3. The molecule has 1 heterocycles. The molecule has 14 heteroatoms. The first-order valence-electron chi connectivity index (χ1n) is 11.2. The second-order valence-electron chi connectivity index (χ2n) is 8.99. The third kappa shape index (κ3) is 7.11. The fraction of sp³-hybridized carbons (Fsp3) is 0.360. The molecule has 1 N–H and O–H groups in total. The Bertz CT molecular complexity index is 1310. The molecule has 210 valence electrons. The molecule has 0 unspecified atom stereocenters. The molecule has 39 heavy (non-hydrogen) atoms. The number of aliphatic hydroxyl groups is 1. The van der Waals surface area contributed by atoms with Gasteiger partial charge in [-0.15, -0.1) is 0 Å². The van der Waals surface area contributed by atoms with Crippen LogP contribution in [0.3, 0.4) is 0 Å². The molecule has 3 amide bonds. The SMILES string of the molecule is CN(C(=O)Oc1c(N2CCN(CC#CC(C)(C)O)C2=O)cc(C(F)(F)F)cc1C(F)(F)F)c1ccc(F)cc1. The first-order chi connectivity index (χ1) is 17.9. The molecule has 0 atom stereocenters. The number of hydrogen-bond acceptors (Lipinski definition) is 4. The zero-order valence-electron chi connectivity index (χ0n) is 20.7. The van der Waals surface area contributed by atoms with Crippen molar-refractivity contribution in [2.45, 2.75) is 31.8 Å². The number of alkyl halides is 6. The van der Waals surface area contributed by atoms with Gasteiger partial charge in [-0.3, -0.25) is 9.80 Å². The van der Waals surface area contributed by atoms with Crippen LogP contribution in [0.2, 0.25) is 0 Å². The fourth-order valence-electron chi connectivity index (χ4n) is 3.53. The van der Waals surface area contributed by atoms with Crippen LogP contribution in [0.5, 0.6) is 5.75 Å². The van der Waals surface area contributed by atoms with E-state index in [1.165, 1.54) is 13.8 Å². The number of anilines is 2. The molecule has 1 fully saturated rings. The Morgan fingerprint density at radius 3 is 2.21 bits per heavy atom. The third-order valence-corrected chi connectivity index (χ3v) is 5.43. The zero-order chi connectivity index (χ0) is 29.3. The first-order valence-corrected chi connectivity index (χ1v) is 11.2. The highest BCUT2D eigenvalue weighted by molar-refractivity contribution is 5.97. The molecule has 1 aliphatic heterocycles.